The SMILES string of the molecule is O=c1ccn(C2CNc3ccccc32)c(=O)[nH]1. The van der Waals surface area contributed by atoms with Gasteiger partial charge in [0.25, 0.3) is 5.56 Å². The van der Waals surface area contributed by atoms with Crippen LogP contribution >= 0.6 is 0 Å². The number of fused-ring (bicyclic) bond motifs is 1. The highest BCUT2D eigenvalue weighted by Crippen LogP contribution is 2.30. The molecule has 2 heterocycles. The molecule has 0 bridgehead atoms. The number of aromatic nitrogens is 2. The van der Waals surface area contributed by atoms with E-state index in [1.807, 2.05) is 24.3 Å². The first kappa shape index (κ1) is 9.89. The molecule has 1 aliphatic rings. The zero-order chi connectivity index (χ0) is 11.8. The monoisotopic (exact) mass is 229 g/mol. The van der Waals surface area contributed by atoms with E-state index in [0.29, 0.717) is 6.54 Å². The van der Waals surface area contributed by atoms with E-state index in [9.17, 15) is 9.59 Å². The number of anilines is 1. The van der Waals surface area contributed by atoms with E-state index in [-0.39, 0.29) is 17.3 Å². The zero-order valence-electron chi connectivity index (χ0n) is 9.01. The molecule has 0 saturated heterocycles. The van der Waals surface area contributed by atoms with E-state index >= 15 is 0 Å². The average molecular weight is 229 g/mol. The van der Waals surface area contributed by atoms with Crippen molar-refractivity contribution < 1.29 is 0 Å². The molecule has 86 valence electrons. The number of nitrogens with zero attached hydrogens (tertiary/aromatic N) is 1. The molecule has 1 aromatic heterocycles. The van der Waals surface area contributed by atoms with E-state index < -0.39 is 0 Å². The maximum Gasteiger partial charge on any atom is 0.328 e. The number of nitrogens with one attached hydrogen (secondary N) is 2. The predicted octanol–water partition coefficient (Wildman–Crippen LogP) is 0.551. The second-order valence-corrected chi connectivity index (χ2v) is 4.00. The van der Waals surface area contributed by atoms with Gasteiger partial charge in [0.1, 0.15) is 0 Å². The minimum atomic E-state index is -0.374. The Labute approximate surface area is 96.7 Å². The first-order valence-corrected chi connectivity index (χ1v) is 5.40. The van der Waals surface area contributed by atoms with Crippen molar-refractivity contribution in [3.05, 3.63) is 62.9 Å². The van der Waals surface area contributed by atoms with Crippen LogP contribution in [-0.2, 0) is 0 Å². The molecule has 2 N–H and O–H groups in total. The lowest BCUT2D eigenvalue weighted by Gasteiger charge is -2.12. The normalized spacial score (nSPS) is 17.5. The summed E-state index contributed by atoms with van der Waals surface area (Å²) in [5, 5.41) is 3.24. The quantitative estimate of drug-likeness (QED) is 0.750. The van der Waals surface area contributed by atoms with E-state index in [0.717, 1.165) is 11.3 Å². The summed E-state index contributed by atoms with van der Waals surface area (Å²) in [6.07, 6.45) is 1.54. The largest absolute Gasteiger partial charge is 0.382 e. The molecule has 0 aliphatic carbocycles. The highest BCUT2D eigenvalue weighted by atomic mass is 16.2. The van der Waals surface area contributed by atoms with Crippen LogP contribution in [0.4, 0.5) is 5.69 Å². The van der Waals surface area contributed by atoms with Gasteiger partial charge in [0.05, 0.1) is 6.04 Å². The van der Waals surface area contributed by atoms with E-state index in [1.165, 1.54) is 12.3 Å². The van der Waals surface area contributed by atoms with Gasteiger partial charge >= 0.3 is 5.69 Å². The van der Waals surface area contributed by atoms with Gasteiger partial charge in [0.2, 0.25) is 0 Å². The van der Waals surface area contributed by atoms with Gasteiger partial charge in [-0.2, -0.15) is 0 Å². The summed E-state index contributed by atoms with van der Waals surface area (Å²) < 4.78 is 1.54. The third-order valence-corrected chi connectivity index (χ3v) is 2.99. The van der Waals surface area contributed by atoms with E-state index in [2.05, 4.69) is 10.3 Å². The van der Waals surface area contributed by atoms with E-state index in [1.54, 1.807) is 4.57 Å². The second kappa shape index (κ2) is 3.62. The van der Waals surface area contributed by atoms with Gasteiger partial charge in [0, 0.05) is 24.5 Å². The van der Waals surface area contributed by atoms with Crippen LogP contribution in [0, 0.1) is 0 Å². The molecule has 5 heteroatoms. The van der Waals surface area contributed by atoms with Gasteiger partial charge in [-0.15, -0.1) is 0 Å². The lowest BCUT2D eigenvalue weighted by atomic mass is 10.1. The Bertz CT molecular complexity index is 672. The van der Waals surface area contributed by atoms with Crippen molar-refractivity contribution in [1.82, 2.24) is 9.55 Å². The third-order valence-electron chi connectivity index (χ3n) is 2.99. The van der Waals surface area contributed by atoms with Crippen molar-refractivity contribution in [2.24, 2.45) is 0 Å². The van der Waals surface area contributed by atoms with Crippen molar-refractivity contribution in [3.8, 4) is 0 Å². The number of hydrogen-bond acceptors (Lipinski definition) is 3. The molecule has 0 spiro atoms. The van der Waals surface area contributed by atoms with Crippen molar-refractivity contribution in [2.45, 2.75) is 6.04 Å². The van der Waals surface area contributed by atoms with Crippen LogP contribution in [0.25, 0.3) is 0 Å². The van der Waals surface area contributed by atoms with Gasteiger partial charge in [-0.3, -0.25) is 14.3 Å². The minimum absolute atomic E-state index is 0.0597. The molecule has 5 nitrogen and oxygen atoms in total. The zero-order valence-corrected chi connectivity index (χ0v) is 9.01. The van der Waals surface area contributed by atoms with Gasteiger partial charge < -0.3 is 5.32 Å². The molecule has 1 atom stereocenters. The minimum Gasteiger partial charge on any atom is -0.382 e. The highest BCUT2D eigenvalue weighted by Gasteiger charge is 2.23. The predicted molar refractivity (Wildman–Crippen MR) is 64.4 cm³/mol. The molecule has 0 radical (unpaired) electrons. The summed E-state index contributed by atoms with van der Waals surface area (Å²) in [7, 11) is 0. The summed E-state index contributed by atoms with van der Waals surface area (Å²) in [6.45, 7) is 0.658. The fourth-order valence-electron chi connectivity index (χ4n) is 2.19. The molecule has 0 amide bonds. The number of H-pyrrole nitrogens is 1. The van der Waals surface area contributed by atoms with Crippen molar-refractivity contribution in [2.75, 3.05) is 11.9 Å². The molecule has 17 heavy (non-hydrogen) atoms. The Hall–Kier alpha value is -2.30. The molecule has 0 fully saturated rings. The summed E-state index contributed by atoms with van der Waals surface area (Å²) in [5.74, 6) is 0. The average Bonchev–Trinajstić information content (AvgIpc) is 2.73. The number of para-hydroxylation sites is 1. The maximum absolute atomic E-state index is 11.7. The van der Waals surface area contributed by atoms with Crippen LogP contribution in [0.2, 0.25) is 0 Å². The molecule has 2 aromatic rings. The number of benzene rings is 1. The summed E-state index contributed by atoms with van der Waals surface area (Å²) in [4.78, 5) is 25.0. The number of aromatic amines is 1. The summed E-state index contributed by atoms with van der Waals surface area (Å²) in [5.41, 5.74) is 1.36. The second-order valence-electron chi connectivity index (χ2n) is 4.00. The molecular formula is C12H11N3O2. The van der Waals surface area contributed by atoms with E-state index in [4.69, 9.17) is 0 Å². The maximum atomic E-state index is 11.7. The Morgan fingerprint density at radius 3 is 2.82 bits per heavy atom. The molecule has 3 rings (SSSR count). The highest BCUT2D eigenvalue weighted by molar-refractivity contribution is 5.57. The summed E-state index contributed by atoms with van der Waals surface area (Å²) in [6, 6.07) is 9.15. The lowest BCUT2D eigenvalue weighted by molar-refractivity contribution is 0.592. The van der Waals surface area contributed by atoms with Gasteiger partial charge in [-0.1, -0.05) is 18.2 Å². The Balaban J connectivity index is 2.13. The van der Waals surface area contributed by atoms with Crippen molar-refractivity contribution in [1.29, 1.82) is 0 Å². The van der Waals surface area contributed by atoms with Crippen LogP contribution in [-0.4, -0.2) is 16.1 Å². The van der Waals surface area contributed by atoms with Crippen LogP contribution < -0.4 is 16.6 Å². The molecule has 0 saturated carbocycles. The van der Waals surface area contributed by atoms with Crippen LogP contribution in [0.15, 0.2) is 46.1 Å². The van der Waals surface area contributed by atoms with Crippen LogP contribution in [0.5, 0.6) is 0 Å². The van der Waals surface area contributed by atoms with Gasteiger partial charge in [-0.05, 0) is 11.6 Å². The topological polar surface area (TPSA) is 66.9 Å². The number of rotatable bonds is 1. The smallest absolute Gasteiger partial charge is 0.328 e. The van der Waals surface area contributed by atoms with Crippen LogP contribution in [0.1, 0.15) is 11.6 Å². The fourth-order valence-corrected chi connectivity index (χ4v) is 2.19. The van der Waals surface area contributed by atoms with Crippen LogP contribution in [0.3, 0.4) is 0 Å². The van der Waals surface area contributed by atoms with Crippen molar-refractivity contribution >= 4 is 5.69 Å². The Kier molecular flexibility index (Phi) is 2.11. The number of hydrogen-bond donors (Lipinski definition) is 2. The molecule has 1 aliphatic heterocycles. The third kappa shape index (κ3) is 1.56. The molecule has 1 aromatic carbocycles. The van der Waals surface area contributed by atoms with Gasteiger partial charge in [0.15, 0.2) is 0 Å². The standard InChI is InChI=1S/C12H11N3O2/c16-11-5-6-15(12(17)14-11)10-7-13-9-4-2-1-3-8(9)10/h1-6,10,13H,7H2,(H,14,16,17). The molecule has 1 unspecified atom stereocenters. The summed E-state index contributed by atoms with van der Waals surface area (Å²) >= 11 is 0. The fraction of sp³-hybridized carbons (Fsp3) is 0.167. The lowest BCUT2D eigenvalue weighted by Crippen LogP contribution is -2.32. The van der Waals surface area contributed by atoms with Crippen molar-refractivity contribution in [3.63, 3.8) is 0 Å². The first-order chi connectivity index (χ1) is 8.25. The Morgan fingerprint density at radius 2 is 2.00 bits per heavy atom. The Morgan fingerprint density at radius 1 is 1.18 bits per heavy atom. The molecular weight excluding hydrogens is 218 g/mol. The van der Waals surface area contributed by atoms with Gasteiger partial charge in [-0.25, -0.2) is 4.79 Å². The first-order valence-electron chi connectivity index (χ1n) is 5.40.